The van der Waals surface area contributed by atoms with Crippen molar-refractivity contribution in [2.45, 2.75) is 32.1 Å². The maximum Gasteiger partial charge on any atom is 0.0735 e. The van der Waals surface area contributed by atoms with Crippen molar-refractivity contribution in [3.63, 3.8) is 0 Å². The molecule has 2 aliphatic rings. The minimum absolute atomic E-state index is 0.536. The van der Waals surface area contributed by atoms with Gasteiger partial charge in [-0.25, -0.2) is 0 Å². The van der Waals surface area contributed by atoms with Crippen LogP contribution in [0.5, 0.6) is 0 Å². The number of pyridine rings is 1. The molecule has 2 aromatic rings. The van der Waals surface area contributed by atoms with Crippen molar-refractivity contribution >= 4 is 34.1 Å². The molecule has 0 saturated heterocycles. The molecule has 2 aliphatic carbocycles. The maximum atomic E-state index is 6.70. The van der Waals surface area contributed by atoms with E-state index in [1.165, 1.54) is 23.3 Å². The Hall–Kier alpha value is -1.05. The minimum Gasteiger partial charge on any atom is -0.252 e. The van der Waals surface area contributed by atoms with Crippen LogP contribution in [-0.2, 0) is 6.42 Å². The molecule has 1 heterocycles. The van der Waals surface area contributed by atoms with Gasteiger partial charge in [-0.1, -0.05) is 34.9 Å². The smallest absolute Gasteiger partial charge is 0.0735 e. The van der Waals surface area contributed by atoms with Gasteiger partial charge in [-0.2, -0.15) is 0 Å². The summed E-state index contributed by atoms with van der Waals surface area (Å²) in [5, 5.41) is 2.63. The fourth-order valence-electron chi connectivity index (χ4n) is 3.82. The van der Waals surface area contributed by atoms with Gasteiger partial charge in [0, 0.05) is 16.1 Å². The molecule has 0 N–H and O–H groups in total. The molecular weight excluding hydrogens is 289 g/mol. The van der Waals surface area contributed by atoms with E-state index in [4.69, 9.17) is 28.2 Å². The van der Waals surface area contributed by atoms with E-state index in [0.29, 0.717) is 16.9 Å². The second-order valence-electron chi connectivity index (χ2n) is 6.06. The number of aromatic nitrogens is 1. The zero-order chi connectivity index (χ0) is 13.9. The molecular formula is C17H15Cl2N. The maximum absolute atomic E-state index is 6.70. The molecule has 102 valence electrons. The molecule has 1 nitrogen and oxygen atoms in total. The van der Waals surface area contributed by atoms with Crippen LogP contribution >= 0.6 is 23.2 Å². The number of hydrogen-bond donors (Lipinski definition) is 0. The molecule has 4 rings (SSSR count). The van der Waals surface area contributed by atoms with Gasteiger partial charge in [0.25, 0.3) is 0 Å². The van der Waals surface area contributed by atoms with Crippen LogP contribution in [0.2, 0.25) is 10.0 Å². The number of hydrogen-bond acceptors (Lipinski definition) is 1. The fraction of sp³-hybridized carbons (Fsp3) is 0.353. The van der Waals surface area contributed by atoms with Gasteiger partial charge in [0.05, 0.1) is 10.5 Å². The van der Waals surface area contributed by atoms with E-state index in [2.05, 4.69) is 13.0 Å². The van der Waals surface area contributed by atoms with Crippen molar-refractivity contribution in [3.8, 4) is 0 Å². The third-order valence-electron chi connectivity index (χ3n) is 4.54. The average Bonchev–Trinajstić information content (AvgIpc) is 2.36. The van der Waals surface area contributed by atoms with Crippen LogP contribution in [0.25, 0.3) is 10.9 Å². The standard InChI is InChI=1S/C17H15Cl2N/c1-9-4-10-6-11(5-9)16-15(7-10)20-14-8-12(18)2-3-13(14)17(16)19/h2-4,8,10-11H,5-7H2,1H3. The molecule has 0 aliphatic heterocycles. The van der Waals surface area contributed by atoms with Crippen molar-refractivity contribution in [3.05, 3.63) is 51.2 Å². The van der Waals surface area contributed by atoms with Crippen LogP contribution in [0.15, 0.2) is 29.8 Å². The van der Waals surface area contributed by atoms with E-state index in [9.17, 15) is 0 Å². The van der Waals surface area contributed by atoms with Gasteiger partial charge < -0.3 is 0 Å². The van der Waals surface area contributed by atoms with E-state index in [1.54, 1.807) is 0 Å². The lowest BCUT2D eigenvalue weighted by molar-refractivity contribution is 0.432. The topological polar surface area (TPSA) is 12.9 Å². The lowest BCUT2D eigenvalue weighted by Gasteiger charge is -2.35. The van der Waals surface area contributed by atoms with E-state index >= 15 is 0 Å². The third kappa shape index (κ3) is 1.88. The monoisotopic (exact) mass is 303 g/mol. The first-order chi connectivity index (χ1) is 9.61. The van der Waals surface area contributed by atoms with Crippen LogP contribution in [0, 0.1) is 5.92 Å². The van der Waals surface area contributed by atoms with Crippen LogP contribution < -0.4 is 0 Å². The first kappa shape index (κ1) is 12.7. The summed E-state index contributed by atoms with van der Waals surface area (Å²) in [6.45, 7) is 2.23. The summed E-state index contributed by atoms with van der Waals surface area (Å²) < 4.78 is 0. The van der Waals surface area contributed by atoms with Gasteiger partial charge >= 0.3 is 0 Å². The van der Waals surface area contributed by atoms with Gasteiger partial charge in [-0.05, 0) is 61.8 Å². The molecule has 1 aromatic heterocycles. The Balaban J connectivity index is 1.97. The van der Waals surface area contributed by atoms with E-state index in [1.807, 2.05) is 18.2 Å². The van der Waals surface area contributed by atoms with Crippen LogP contribution in [0.1, 0.15) is 36.9 Å². The Morgan fingerprint density at radius 2 is 2.05 bits per heavy atom. The second-order valence-corrected chi connectivity index (χ2v) is 6.88. The summed E-state index contributed by atoms with van der Waals surface area (Å²) in [6, 6.07) is 5.79. The molecule has 0 amide bonds. The summed E-state index contributed by atoms with van der Waals surface area (Å²) in [5.41, 5.74) is 4.87. The summed E-state index contributed by atoms with van der Waals surface area (Å²) in [4.78, 5) is 4.85. The number of halogens is 2. The summed E-state index contributed by atoms with van der Waals surface area (Å²) in [6.07, 6.45) is 5.75. The van der Waals surface area contributed by atoms with Gasteiger partial charge in [-0.3, -0.25) is 4.98 Å². The van der Waals surface area contributed by atoms with Crippen LogP contribution in [-0.4, -0.2) is 4.98 Å². The van der Waals surface area contributed by atoms with Crippen LogP contribution in [0.4, 0.5) is 0 Å². The zero-order valence-corrected chi connectivity index (χ0v) is 12.8. The Labute approximate surface area is 128 Å². The molecule has 2 unspecified atom stereocenters. The lowest BCUT2D eigenvalue weighted by Crippen LogP contribution is -2.23. The van der Waals surface area contributed by atoms with E-state index in [0.717, 1.165) is 28.8 Å². The molecule has 20 heavy (non-hydrogen) atoms. The molecule has 0 fully saturated rings. The third-order valence-corrected chi connectivity index (χ3v) is 5.18. The molecule has 0 radical (unpaired) electrons. The zero-order valence-electron chi connectivity index (χ0n) is 11.3. The highest BCUT2D eigenvalue weighted by Gasteiger charge is 2.32. The molecule has 2 bridgehead atoms. The fourth-order valence-corrected chi connectivity index (χ4v) is 4.41. The lowest BCUT2D eigenvalue weighted by atomic mass is 9.72. The van der Waals surface area contributed by atoms with Crippen molar-refractivity contribution in [2.24, 2.45) is 5.92 Å². The van der Waals surface area contributed by atoms with Gasteiger partial charge in [-0.15, -0.1) is 0 Å². The Bertz CT molecular complexity index is 748. The minimum atomic E-state index is 0.536. The normalized spacial score (nSPS) is 24.4. The molecule has 3 heteroatoms. The second kappa shape index (κ2) is 4.47. The highest BCUT2D eigenvalue weighted by atomic mass is 35.5. The summed E-state index contributed by atoms with van der Waals surface area (Å²) in [7, 11) is 0. The molecule has 0 spiro atoms. The number of rotatable bonds is 0. The summed E-state index contributed by atoms with van der Waals surface area (Å²) in [5.74, 6) is 1.16. The highest BCUT2D eigenvalue weighted by molar-refractivity contribution is 6.37. The summed E-state index contributed by atoms with van der Waals surface area (Å²) >= 11 is 12.8. The Kier molecular flexibility index (Phi) is 2.84. The Morgan fingerprint density at radius 1 is 1.20 bits per heavy atom. The van der Waals surface area contributed by atoms with Crippen molar-refractivity contribution in [2.75, 3.05) is 0 Å². The van der Waals surface area contributed by atoms with Crippen LogP contribution in [0.3, 0.4) is 0 Å². The van der Waals surface area contributed by atoms with Crippen molar-refractivity contribution < 1.29 is 0 Å². The Morgan fingerprint density at radius 3 is 2.90 bits per heavy atom. The molecule has 2 atom stereocenters. The number of nitrogens with zero attached hydrogens (tertiary/aromatic N) is 1. The quantitative estimate of drug-likeness (QED) is 0.582. The van der Waals surface area contributed by atoms with Gasteiger partial charge in [0.1, 0.15) is 0 Å². The first-order valence-corrected chi connectivity index (χ1v) is 7.82. The molecule has 1 aromatic carbocycles. The number of fused-ring (bicyclic) bond motifs is 5. The molecule has 0 saturated carbocycles. The first-order valence-electron chi connectivity index (χ1n) is 7.06. The predicted octanol–water partition coefficient (Wildman–Crippen LogP) is 5.54. The van der Waals surface area contributed by atoms with Gasteiger partial charge in [0.2, 0.25) is 0 Å². The van der Waals surface area contributed by atoms with Crippen molar-refractivity contribution in [1.82, 2.24) is 4.98 Å². The predicted molar refractivity (Wildman–Crippen MR) is 84.7 cm³/mol. The van der Waals surface area contributed by atoms with E-state index in [-0.39, 0.29) is 0 Å². The SMILES string of the molecule is CC1=CC2Cc3nc4cc(Cl)ccc4c(Cl)c3C(C1)C2. The van der Waals surface area contributed by atoms with Crippen molar-refractivity contribution in [1.29, 1.82) is 0 Å². The highest BCUT2D eigenvalue weighted by Crippen LogP contribution is 2.47. The number of allylic oxidation sites excluding steroid dienone is 2. The average molecular weight is 304 g/mol. The van der Waals surface area contributed by atoms with Gasteiger partial charge in [0.15, 0.2) is 0 Å². The largest absolute Gasteiger partial charge is 0.252 e. The van der Waals surface area contributed by atoms with E-state index < -0.39 is 0 Å². The number of benzene rings is 1.